The minimum Gasteiger partial charge on any atom is -0.274 e. The van der Waals surface area contributed by atoms with Crippen LogP contribution in [0, 0.1) is 0 Å². The average molecular weight is 773 g/mol. The van der Waals surface area contributed by atoms with Gasteiger partial charge in [0.05, 0.1) is 5.69 Å². The normalized spacial score (nSPS) is 14.6. The second-order valence-electron chi connectivity index (χ2n) is 17.4. The molecular formula is C53H44N2O4. The summed E-state index contributed by atoms with van der Waals surface area (Å²) in [6, 6.07) is 30.7. The van der Waals surface area contributed by atoms with Gasteiger partial charge in [-0.3, -0.25) is 24.1 Å². The molecule has 9 aromatic rings. The van der Waals surface area contributed by atoms with Gasteiger partial charge in [-0.05, 0) is 118 Å². The first-order chi connectivity index (χ1) is 28.6. The van der Waals surface area contributed by atoms with E-state index in [1.165, 1.54) is 9.80 Å². The number of amides is 4. The summed E-state index contributed by atoms with van der Waals surface area (Å²) in [5.41, 5.74) is 4.93. The zero-order chi connectivity index (χ0) is 40.6. The van der Waals surface area contributed by atoms with Gasteiger partial charge >= 0.3 is 0 Å². The van der Waals surface area contributed by atoms with Gasteiger partial charge in [0.25, 0.3) is 23.6 Å². The van der Waals surface area contributed by atoms with Crippen molar-refractivity contribution in [3.05, 3.63) is 124 Å². The van der Waals surface area contributed by atoms with E-state index >= 15 is 0 Å². The van der Waals surface area contributed by atoms with Crippen molar-refractivity contribution in [3.63, 3.8) is 0 Å². The lowest BCUT2D eigenvalue weighted by atomic mass is 9.80. The molecule has 0 aliphatic carbocycles. The number of rotatable bonds is 9. The van der Waals surface area contributed by atoms with E-state index in [2.05, 4.69) is 83.1 Å². The highest BCUT2D eigenvalue weighted by Gasteiger charge is 2.39. The summed E-state index contributed by atoms with van der Waals surface area (Å²) in [6.45, 7) is 11.0. The second kappa shape index (κ2) is 12.8. The predicted octanol–water partition coefficient (Wildman–Crippen LogP) is 13.2. The quantitative estimate of drug-likeness (QED) is 0.0634. The molecule has 0 unspecified atom stereocenters. The topological polar surface area (TPSA) is 74.8 Å². The summed E-state index contributed by atoms with van der Waals surface area (Å²) in [5, 5.41) is 13.9. The predicted molar refractivity (Wildman–Crippen MR) is 241 cm³/mol. The molecule has 0 spiro atoms. The number of para-hydroxylation sites is 1. The van der Waals surface area contributed by atoms with Gasteiger partial charge < -0.3 is 0 Å². The Balaban J connectivity index is 1.12. The Hall–Kier alpha value is -6.40. The fourth-order valence-electron chi connectivity index (χ4n) is 10.8. The Morgan fingerprint density at radius 1 is 0.407 bits per heavy atom. The van der Waals surface area contributed by atoms with Crippen molar-refractivity contribution in [1.82, 2.24) is 4.90 Å². The molecule has 6 heteroatoms. The summed E-state index contributed by atoms with van der Waals surface area (Å²) in [5.74, 6) is -0.769. The molecule has 0 N–H and O–H groups in total. The monoisotopic (exact) mass is 772 g/mol. The van der Waals surface area contributed by atoms with Crippen LogP contribution in [0.15, 0.2) is 91.0 Å². The largest absolute Gasteiger partial charge is 0.274 e. The fourth-order valence-corrected chi connectivity index (χ4v) is 10.8. The van der Waals surface area contributed by atoms with Crippen LogP contribution >= 0.6 is 0 Å². The highest BCUT2D eigenvalue weighted by molar-refractivity contribution is 6.46. The number of hydrogen-bond acceptors (Lipinski definition) is 4. The number of nitrogens with zero attached hydrogens (tertiary/aromatic N) is 2. The first-order valence-electron chi connectivity index (χ1n) is 21.3. The SMILES string of the molecule is CCCCCCCN1C(=O)c2ccc3c4ccc5c6ccc7c8c(ccc(c9ccc(c%10ccc(c2c3%10)C1=O)c4c59)c86)C(=O)N(c1c(C(C)C)cccc1C(C)C)C7=O. The van der Waals surface area contributed by atoms with Crippen molar-refractivity contribution in [1.29, 1.82) is 0 Å². The van der Waals surface area contributed by atoms with Crippen LogP contribution in [-0.4, -0.2) is 35.1 Å². The van der Waals surface area contributed by atoms with E-state index in [0.29, 0.717) is 39.9 Å². The highest BCUT2D eigenvalue weighted by atomic mass is 16.2. The van der Waals surface area contributed by atoms with Gasteiger partial charge in [0.2, 0.25) is 0 Å². The van der Waals surface area contributed by atoms with Gasteiger partial charge in [0.1, 0.15) is 0 Å². The van der Waals surface area contributed by atoms with Crippen molar-refractivity contribution in [3.8, 4) is 0 Å². The molecule has 2 heterocycles. The summed E-state index contributed by atoms with van der Waals surface area (Å²) in [4.78, 5) is 60.4. The number of benzene rings is 9. The van der Waals surface area contributed by atoms with Crippen molar-refractivity contribution in [2.24, 2.45) is 0 Å². The van der Waals surface area contributed by atoms with Crippen LogP contribution in [0.5, 0.6) is 0 Å². The summed E-state index contributed by atoms with van der Waals surface area (Å²) in [6.07, 6.45) is 5.21. The van der Waals surface area contributed by atoms with Crippen LogP contribution in [-0.2, 0) is 0 Å². The Kier molecular flexibility index (Phi) is 7.75. The Morgan fingerprint density at radius 2 is 0.746 bits per heavy atom. The molecule has 4 amide bonds. The van der Waals surface area contributed by atoms with Crippen molar-refractivity contribution in [2.45, 2.75) is 78.6 Å². The molecule has 0 fully saturated rings. The number of anilines is 1. The minimum atomic E-state index is -0.291. The molecule has 0 saturated carbocycles. The molecule has 59 heavy (non-hydrogen) atoms. The number of hydrogen-bond donors (Lipinski definition) is 0. The Morgan fingerprint density at radius 3 is 1.12 bits per heavy atom. The third-order valence-electron chi connectivity index (χ3n) is 13.5. The molecule has 0 atom stereocenters. The number of fused-ring (bicyclic) bond motifs is 4. The van der Waals surface area contributed by atoms with Crippen LogP contribution < -0.4 is 4.90 Å². The molecule has 0 bridgehead atoms. The van der Waals surface area contributed by atoms with Crippen LogP contribution in [0.3, 0.4) is 0 Å². The van der Waals surface area contributed by atoms with Crippen molar-refractivity contribution < 1.29 is 19.2 Å². The summed E-state index contributed by atoms with van der Waals surface area (Å²) in [7, 11) is 0. The fraction of sp³-hybridized carbons (Fsp3) is 0.245. The number of imide groups is 2. The third kappa shape index (κ3) is 4.69. The standard InChI is InChI=1S/C53H44N2O4/c1-6-7-8-9-10-26-54-50(56)39-22-18-35-31-14-16-33-37-20-24-41-48-42(53(59)55(52(41)58)49-29(27(2)3)12-11-13-30(49)28(4)5)25-21-38(46(37)48)34-17-15-32(43(31)44(33)34)36-19-23-40(51(54)57)47(39)45(35)36/h11-25,27-28H,6-10,26H2,1-5H3. The molecule has 11 rings (SSSR count). The minimum absolute atomic E-state index is 0.116. The van der Waals surface area contributed by atoms with Crippen LogP contribution in [0.4, 0.5) is 5.69 Å². The van der Waals surface area contributed by atoms with E-state index < -0.39 is 0 Å². The average Bonchev–Trinajstić information content (AvgIpc) is 3.24. The highest BCUT2D eigenvalue weighted by Crippen LogP contribution is 2.50. The zero-order valence-corrected chi connectivity index (χ0v) is 34.1. The maximum Gasteiger partial charge on any atom is 0.266 e. The van der Waals surface area contributed by atoms with Gasteiger partial charge in [-0.25, -0.2) is 4.90 Å². The van der Waals surface area contributed by atoms with E-state index in [4.69, 9.17) is 0 Å². The lowest BCUT2D eigenvalue weighted by Crippen LogP contribution is -2.41. The maximum absolute atomic E-state index is 14.7. The van der Waals surface area contributed by atoms with Crippen LogP contribution in [0.2, 0.25) is 0 Å². The van der Waals surface area contributed by atoms with E-state index in [0.717, 1.165) is 113 Å². The lowest BCUT2D eigenvalue weighted by Gasteiger charge is -2.33. The smallest absolute Gasteiger partial charge is 0.266 e. The molecule has 2 aliphatic rings. The van der Waals surface area contributed by atoms with Crippen LogP contribution in [0.25, 0.3) is 75.4 Å². The van der Waals surface area contributed by atoms with Crippen molar-refractivity contribution >= 4 is 105 Å². The Labute approximate surface area is 342 Å². The molecule has 9 aromatic carbocycles. The first-order valence-corrected chi connectivity index (χ1v) is 21.3. The van der Waals surface area contributed by atoms with E-state index in [1.807, 2.05) is 42.5 Å². The molecule has 2 aliphatic heterocycles. The summed E-state index contributed by atoms with van der Waals surface area (Å²) >= 11 is 0. The van der Waals surface area contributed by atoms with Gasteiger partial charge in [-0.2, -0.15) is 0 Å². The number of unbranched alkanes of at least 4 members (excludes halogenated alkanes) is 4. The number of carbonyl (C=O) groups excluding carboxylic acids is 4. The molecule has 290 valence electrons. The number of carbonyl (C=O) groups is 4. The van der Waals surface area contributed by atoms with Gasteiger partial charge in [-0.15, -0.1) is 0 Å². The molecule has 0 saturated heterocycles. The van der Waals surface area contributed by atoms with Gasteiger partial charge in [0, 0.05) is 39.6 Å². The van der Waals surface area contributed by atoms with Gasteiger partial charge in [-0.1, -0.05) is 127 Å². The van der Waals surface area contributed by atoms with Crippen molar-refractivity contribution in [2.75, 3.05) is 11.4 Å². The third-order valence-corrected chi connectivity index (χ3v) is 13.5. The zero-order valence-electron chi connectivity index (χ0n) is 34.1. The van der Waals surface area contributed by atoms with E-state index in [1.54, 1.807) is 0 Å². The van der Waals surface area contributed by atoms with Gasteiger partial charge in [0.15, 0.2) is 0 Å². The summed E-state index contributed by atoms with van der Waals surface area (Å²) < 4.78 is 0. The molecular weight excluding hydrogens is 729 g/mol. The molecule has 6 nitrogen and oxygen atoms in total. The Bertz CT molecular complexity index is 3140. The maximum atomic E-state index is 14.7. The lowest BCUT2D eigenvalue weighted by molar-refractivity contribution is 0.0607. The van der Waals surface area contributed by atoms with Crippen LogP contribution in [0.1, 0.15) is 131 Å². The van der Waals surface area contributed by atoms with E-state index in [-0.39, 0.29) is 35.5 Å². The van der Waals surface area contributed by atoms with E-state index in [9.17, 15) is 19.2 Å². The second-order valence-corrected chi connectivity index (χ2v) is 17.4. The molecule has 0 aromatic heterocycles. The first kappa shape index (κ1) is 35.7. The molecule has 0 radical (unpaired) electrons.